The molecule has 3 nitrogen and oxygen atoms in total. The highest BCUT2D eigenvalue weighted by Gasteiger charge is 2.28. The molecule has 0 spiro atoms. The van der Waals surface area contributed by atoms with E-state index in [0.29, 0.717) is 0 Å². The summed E-state index contributed by atoms with van der Waals surface area (Å²) in [7, 11) is 0. The Labute approximate surface area is 115 Å². The van der Waals surface area contributed by atoms with Gasteiger partial charge >= 0.3 is 0 Å². The highest BCUT2D eigenvalue weighted by atomic mass is 16.3. The van der Waals surface area contributed by atoms with E-state index in [-0.39, 0.29) is 18.6 Å². The second-order valence-electron chi connectivity index (χ2n) is 5.28. The van der Waals surface area contributed by atoms with Crippen LogP contribution in [0, 0.1) is 0 Å². The fourth-order valence-electron chi connectivity index (χ4n) is 2.65. The van der Waals surface area contributed by atoms with Crippen molar-refractivity contribution in [2.75, 3.05) is 13.2 Å². The molecule has 1 aliphatic rings. The maximum absolute atomic E-state index is 12.4. The summed E-state index contributed by atoms with van der Waals surface area (Å²) in [6, 6.07) is 7.94. The van der Waals surface area contributed by atoms with E-state index < -0.39 is 0 Å². The van der Waals surface area contributed by atoms with Crippen LogP contribution in [-0.2, 0) is 6.42 Å². The monoisotopic (exact) mass is 261 g/mol. The lowest BCUT2D eigenvalue weighted by Crippen LogP contribution is -2.37. The van der Waals surface area contributed by atoms with Crippen molar-refractivity contribution in [2.45, 2.75) is 45.1 Å². The van der Waals surface area contributed by atoms with Gasteiger partial charge in [0.15, 0.2) is 0 Å². The molecule has 0 unspecified atom stereocenters. The van der Waals surface area contributed by atoms with Crippen LogP contribution in [0.25, 0.3) is 0 Å². The van der Waals surface area contributed by atoms with E-state index in [4.69, 9.17) is 0 Å². The molecule has 1 N–H and O–H groups in total. The van der Waals surface area contributed by atoms with Crippen LogP contribution in [0.15, 0.2) is 24.3 Å². The number of hydrogen-bond acceptors (Lipinski definition) is 2. The van der Waals surface area contributed by atoms with Gasteiger partial charge in [-0.3, -0.25) is 4.79 Å². The Bertz CT molecular complexity index is 413. The highest BCUT2D eigenvalue weighted by molar-refractivity contribution is 5.94. The first-order valence-corrected chi connectivity index (χ1v) is 7.27. The second-order valence-corrected chi connectivity index (χ2v) is 5.28. The van der Waals surface area contributed by atoms with Gasteiger partial charge in [-0.1, -0.05) is 25.5 Å². The summed E-state index contributed by atoms with van der Waals surface area (Å²) in [5, 5.41) is 9.28. The molecule has 1 amide bonds. The smallest absolute Gasteiger partial charge is 0.254 e. The molecule has 3 heteroatoms. The predicted molar refractivity (Wildman–Crippen MR) is 76.2 cm³/mol. The van der Waals surface area contributed by atoms with Crippen LogP contribution in [0.1, 0.15) is 48.5 Å². The molecule has 19 heavy (non-hydrogen) atoms. The standard InChI is InChI=1S/C16H23NO2/c1-2-3-5-13-7-9-14(10-8-13)16(19)17-11-4-6-15(17)12-18/h7-10,15,18H,2-6,11-12H2,1H3/t15-/m1/s1. The molecule has 1 heterocycles. The number of unbranched alkanes of at least 4 members (excludes halogenated alkanes) is 1. The zero-order valence-electron chi connectivity index (χ0n) is 11.6. The van der Waals surface area contributed by atoms with Crippen LogP contribution in [-0.4, -0.2) is 35.1 Å². The SMILES string of the molecule is CCCCc1ccc(C(=O)N2CCC[C@@H]2CO)cc1. The van der Waals surface area contributed by atoms with Crippen LogP contribution in [0.3, 0.4) is 0 Å². The Morgan fingerprint density at radius 3 is 2.74 bits per heavy atom. The number of nitrogens with zero attached hydrogens (tertiary/aromatic N) is 1. The third-order valence-corrected chi connectivity index (χ3v) is 3.87. The van der Waals surface area contributed by atoms with E-state index in [9.17, 15) is 9.90 Å². The molecule has 0 radical (unpaired) electrons. The minimum Gasteiger partial charge on any atom is -0.394 e. The zero-order valence-corrected chi connectivity index (χ0v) is 11.6. The number of aliphatic hydroxyl groups excluding tert-OH is 1. The predicted octanol–water partition coefficient (Wildman–Crippen LogP) is 2.63. The van der Waals surface area contributed by atoms with Gasteiger partial charge in [-0.05, 0) is 43.4 Å². The van der Waals surface area contributed by atoms with Crippen molar-refractivity contribution in [1.29, 1.82) is 0 Å². The number of aryl methyl sites for hydroxylation is 1. The summed E-state index contributed by atoms with van der Waals surface area (Å²) in [4.78, 5) is 14.2. The lowest BCUT2D eigenvalue weighted by Gasteiger charge is -2.23. The number of likely N-dealkylation sites (tertiary alicyclic amines) is 1. The summed E-state index contributed by atoms with van der Waals surface area (Å²) in [5.41, 5.74) is 2.03. The minimum atomic E-state index is 0.00673. The molecular formula is C16H23NO2. The Balaban J connectivity index is 2.03. The number of rotatable bonds is 5. The Morgan fingerprint density at radius 2 is 2.11 bits per heavy atom. The Morgan fingerprint density at radius 1 is 1.37 bits per heavy atom. The van der Waals surface area contributed by atoms with Gasteiger partial charge in [-0.15, -0.1) is 0 Å². The molecular weight excluding hydrogens is 238 g/mol. The summed E-state index contributed by atoms with van der Waals surface area (Å²) in [5.74, 6) is 0.0543. The first-order valence-electron chi connectivity index (χ1n) is 7.27. The molecule has 1 atom stereocenters. The van der Waals surface area contributed by atoms with E-state index in [1.807, 2.05) is 24.3 Å². The van der Waals surface area contributed by atoms with Gasteiger partial charge in [-0.25, -0.2) is 0 Å². The number of carbonyl (C=O) groups is 1. The fraction of sp³-hybridized carbons (Fsp3) is 0.562. The largest absolute Gasteiger partial charge is 0.394 e. The quantitative estimate of drug-likeness (QED) is 0.885. The first-order chi connectivity index (χ1) is 9.26. The molecule has 0 aliphatic carbocycles. The molecule has 1 aliphatic heterocycles. The van der Waals surface area contributed by atoms with Crippen molar-refractivity contribution >= 4 is 5.91 Å². The fourth-order valence-corrected chi connectivity index (χ4v) is 2.65. The summed E-state index contributed by atoms with van der Waals surface area (Å²) >= 11 is 0. The number of aliphatic hydroxyl groups is 1. The number of amides is 1. The molecule has 1 aromatic carbocycles. The van der Waals surface area contributed by atoms with Crippen molar-refractivity contribution in [3.8, 4) is 0 Å². The van der Waals surface area contributed by atoms with Crippen LogP contribution >= 0.6 is 0 Å². The third kappa shape index (κ3) is 3.35. The molecule has 0 bridgehead atoms. The number of hydrogen-bond donors (Lipinski definition) is 1. The molecule has 1 saturated heterocycles. The average molecular weight is 261 g/mol. The van der Waals surface area contributed by atoms with E-state index in [0.717, 1.165) is 31.4 Å². The minimum absolute atomic E-state index is 0.00673. The summed E-state index contributed by atoms with van der Waals surface area (Å²) < 4.78 is 0. The number of benzene rings is 1. The molecule has 0 aromatic heterocycles. The van der Waals surface area contributed by atoms with Crippen molar-refractivity contribution in [2.24, 2.45) is 0 Å². The molecule has 2 rings (SSSR count). The molecule has 0 saturated carbocycles. The topological polar surface area (TPSA) is 40.5 Å². The Kier molecular flexibility index (Phi) is 4.97. The van der Waals surface area contributed by atoms with Gasteiger partial charge < -0.3 is 10.0 Å². The molecule has 1 aromatic rings. The van der Waals surface area contributed by atoms with Crippen LogP contribution < -0.4 is 0 Å². The van der Waals surface area contributed by atoms with Crippen molar-refractivity contribution < 1.29 is 9.90 Å². The van der Waals surface area contributed by atoms with Crippen molar-refractivity contribution in [3.63, 3.8) is 0 Å². The van der Waals surface area contributed by atoms with E-state index in [1.165, 1.54) is 18.4 Å². The maximum Gasteiger partial charge on any atom is 0.254 e. The zero-order chi connectivity index (χ0) is 13.7. The first kappa shape index (κ1) is 14.1. The van der Waals surface area contributed by atoms with Gasteiger partial charge in [0.05, 0.1) is 12.6 Å². The van der Waals surface area contributed by atoms with E-state index >= 15 is 0 Å². The van der Waals surface area contributed by atoms with Gasteiger partial charge in [0.2, 0.25) is 0 Å². The van der Waals surface area contributed by atoms with E-state index in [2.05, 4.69) is 6.92 Å². The lowest BCUT2D eigenvalue weighted by molar-refractivity contribution is 0.0677. The second kappa shape index (κ2) is 6.71. The molecule has 104 valence electrons. The average Bonchev–Trinajstić information content (AvgIpc) is 2.93. The van der Waals surface area contributed by atoms with Gasteiger partial charge in [0.1, 0.15) is 0 Å². The van der Waals surface area contributed by atoms with Crippen molar-refractivity contribution in [1.82, 2.24) is 4.90 Å². The molecule has 1 fully saturated rings. The highest BCUT2D eigenvalue weighted by Crippen LogP contribution is 2.20. The maximum atomic E-state index is 12.4. The Hall–Kier alpha value is -1.35. The van der Waals surface area contributed by atoms with Crippen LogP contribution in [0.4, 0.5) is 0 Å². The van der Waals surface area contributed by atoms with Gasteiger partial charge in [-0.2, -0.15) is 0 Å². The normalized spacial score (nSPS) is 18.8. The van der Waals surface area contributed by atoms with Crippen molar-refractivity contribution in [3.05, 3.63) is 35.4 Å². The van der Waals surface area contributed by atoms with Crippen LogP contribution in [0.5, 0.6) is 0 Å². The van der Waals surface area contributed by atoms with Gasteiger partial charge in [0, 0.05) is 12.1 Å². The van der Waals surface area contributed by atoms with Gasteiger partial charge in [0.25, 0.3) is 5.91 Å². The van der Waals surface area contributed by atoms with E-state index in [1.54, 1.807) is 4.90 Å². The lowest BCUT2D eigenvalue weighted by atomic mass is 10.1. The van der Waals surface area contributed by atoms with Crippen LogP contribution in [0.2, 0.25) is 0 Å². The number of carbonyl (C=O) groups excluding carboxylic acids is 1. The summed E-state index contributed by atoms with van der Waals surface area (Å²) in [6.45, 7) is 3.02. The third-order valence-electron chi connectivity index (χ3n) is 3.87. The summed E-state index contributed by atoms with van der Waals surface area (Å²) in [6.07, 6.45) is 5.36.